The Balaban J connectivity index is 2.47. The van der Waals surface area contributed by atoms with E-state index in [1.165, 1.54) is 33.4 Å². The van der Waals surface area contributed by atoms with Crippen LogP contribution in [0.3, 0.4) is 0 Å². The number of ether oxygens (including phenoxy) is 1. The van der Waals surface area contributed by atoms with Crippen molar-refractivity contribution in [3.05, 3.63) is 50.6 Å². The van der Waals surface area contributed by atoms with E-state index in [9.17, 15) is 0 Å². The molecule has 0 aliphatic heterocycles. The molecule has 0 spiro atoms. The Hall–Kier alpha value is -1.21. The first-order valence-corrected chi connectivity index (χ1v) is 9.62. The Morgan fingerprint density at radius 2 is 1.72 bits per heavy atom. The van der Waals surface area contributed by atoms with Crippen LogP contribution in [-0.4, -0.2) is 7.11 Å². The summed E-state index contributed by atoms with van der Waals surface area (Å²) in [6.07, 6.45) is 1.03. The monoisotopic (exact) mass is 360 g/mol. The van der Waals surface area contributed by atoms with Gasteiger partial charge >= 0.3 is 0 Å². The minimum atomic E-state index is -0.00578. The Labute approximate surface area is 159 Å². The van der Waals surface area contributed by atoms with Gasteiger partial charge < -0.3 is 4.74 Å². The lowest BCUT2D eigenvalue weighted by Gasteiger charge is -2.27. The normalized spacial score (nSPS) is 19.7. The van der Waals surface area contributed by atoms with Crippen LogP contribution >= 0.6 is 11.6 Å². The molecule has 2 rings (SSSR count). The SMILES string of the molecule is COc1c(C(C)CC2=C(C)C(C)C(C)=C2C)cc(Cl)cc1C(C)(C)C. The lowest BCUT2D eigenvalue weighted by atomic mass is 9.82. The summed E-state index contributed by atoms with van der Waals surface area (Å²) >= 11 is 6.47. The summed E-state index contributed by atoms with van der Waals surface area (Å²) in [6.45, 7) is 18.0. The molecular formula is C23H33ClO. The van der Waals surface area contributed by atoms with Crippen molar-refractivity contribution in [2.45, 2.75) is 73.1 Å². The second-order valence-corrected chi connectivity index (χ2v) is 9.06. The van der Waals surface area contributed by atoms with Gasteiger partial charge in [-0.2, -0.15) is 0 Å². The summed E-state index contributed by atoms with van der Waals surface area (Å²) in [6, 6.07) is 4.13. The van der Waals surface area contributed by atoms with Crippen LogP contribution in [0.25, 0.3) is 0 Å². The minimum Gasteiger partial charge on any atom is -0.496 e. The number of benzene rings is 1. The van der Waals surface area contributed by atoms with Crippen molar-refractivity contribution in [2.75, 3.05) is 7.11 Å². The fourth-order valence-corrected chi connectivity index (χ4v) is 4.17. The zero-order valence-corrected chi connectivity index (χ0v) is 18.1. The number of rotatable bonds is 4. The van der Waals surface area contributed by atoms with Gasteiger partial charge in [0.2, 0.25) is 0 Å². The Morgan fingerprint density at radius 1 is 1.12 bits per heavy atom. The van der Waals surface area contributed by atoms with Gasteiger partial charge in [0.1, 0.15) is 5.75 Å². The first-order chi connectivity index (χ1) is 11.5. The summed E-state index contributed by atoms with van der Waals surface area (Å²) in [5.41, 5.74) is 8.38. The predicted octanol–water partition coefficient (Wildman–Crippen LogP) is 7.44. The molecule has 2 unspecified atom stereocenters. The van der Waals surface area contributed by atoms with Gasteiger partial charge in [-0.3, -0.25) is 0 Å². The lowest BCUT2D eigenvalue weighted by Crippen LogP contribution is -2.15. The van der Waals surface area contributed by atoms with Crippen LogP contribution in [0.4, 0.5) is 0 Å². The molecule has 0 amide bonds. The van der Waals surface area contributed by atoms with E-state index in [1.807, 2.05) is 6.07 Å². The fraction of sp³-hybridized carbons (Fsp3) is 0.565. The highest BCUT2D eigenvalue weighted by Crippen LogP contribution is 2.45. The molecule has 0 aromatic heterocycles. The molecule has 0 saturated heterocycles. The third kappa shape index (κ3) is 3.82. The zero-order chi connectivity index (χ0) is 19.1. The van der Waals surface area contributed by atoms with Crippen molar-refractivity contribution in [3.8, 4) is 5.75 Å². The third-order valence-corrected chi connectivity index (χ3v) is 6.17. The maximum absolute atomic E-state index is 6.47. The first-order valence-electron chi connectivity index (χ1n) is 9.24. The summed E-state index contributed by atoms with van der Waals surface area (Å²) < 4.78 is 5.85. The molecule has 1 aromatic rings. The first kappa shape index (κ1) is 20.1. The van der Waals surface area contributed by atoms with Crippen molar-refractivity contribution in [1.82, 2.24) is 0 Å². The maximum Gasteiger partial charge on any atom is 0.126 e. The number of methoxy groups -OCH3 is 1. The summed E-state index contributed by atoms with van der Waals surface area (Å²) in [5.74, 6) is 1.91. The standard InChI is InChI=1S/C23H33ClO/c1-13(10-20-16(4)14(2)15(3)17(20)5)19-11-18(24)12-21(22(19)25-9)23(6,7)8/h11-14H,10H2,1-9H3. The molecule has 0 N–H and O–H groups in total. The average Bonchev–Trinajstić information content (AvgIpc) is 2.71. The van der Waals surface area contributed by atoms with Crippen LogP contribution in [0.2, 0.25) is 5.02 Å². The van der Waals surface area contributed by atoms with E-state index in [0.717, 1.165) is 17.2 Å². The van der Waals surface area contributed by atoms with E-state index >= 15 is 0 Å². The number of hydrogen-bond acceptors (Lipinski definition) is 1. The van der Waals surface area contributed by atoms with Crippen molar-refractivity contribution in [2.24, 2.45) is 5.92 Å². The molecule has 25 heavy (non-hydrogen) atoms. The van der Waals surface area contributed by atoms with Crippen LogP contribution < -0.4 is 4.74 Å². The number of allylic oxidation sites excluding steroid dienone is 4. The lowest BCUT2D eigenvalue weighted by molar-refractivity contribution is 0.389. The van der Waals surface area contributed by atoms with E-state index in [0.29, 0.717) is 11.8 Å². The summed E-state index contributed by atoms with van der Waals surface area (Å²) in [4.78, 5) is 0. The third-order valence-electron chi connectivity index (χ3n) is 5.96. The number of hydrogen-bond donors (Lipinski definition) is 0. The summed E-state index contributed by atoms with van der Waals surface area (Å²) in [7, 11) is 1.77. The fourth-order valence-electron chi connectivity index (χ4n) is 3.94. The molecule has 1 aromatic carbocycles. The van der Waals surface area contributed by atoms with E-state index in [2.05, 4.69) is 61.5 Å². The molecule has 1 aliphatic rings. The van der Waals surface area contributed by atoms with Crippen molar-refractivity contribution < 1.29 is 4.74 Å². The quantitative estimate of drug-likeness (QED) is 0.542. The maximum atomic E-state index is 6.47. The molecule has 0 saturated carbocycles. The molecule has 2 atom stereocenters. The van der Waals surface area contributed by atoms with Gasteiger partial charge in [-0.25, -0.2) is 0 Å². The molecular weight excluding hydrogens is 328 g/mol. The van der Waals surface area contributed by atoms with Crippen molar-refractivity contribution >= 4 is 11.6 Å². The Morgan fingerprint density at radius 3 is 2.16 bits per heavy atom. The highest BCUT2D eigenvalue weighted by Gasteiger charge is 2.28. The van der Waals surface area contributed by atoms with E-state index < -0.39 is 0 Å². The summed E-state index contributed by atoms with van der Waals surface area (Å²) in [5, 5.41) is 0.793. The smallest absolute Gasteiger partial charge is 0.126 e. The van der Waals surface area contributed by atoms with Crippen LogP contribution in [0, 0.1) is 5.92 Å². The molecule has 0 fully saturated rings. The molecule has 0 heterocycles. The highest BCUT2D eigenvalue weighted by molar-refractivity contribution is 6.30. The average molecular weight is 361 g/mol. The van der Waals surface area contributed by atoms with E-state index in [1.54, 1.807) is 7.11 Å². The van der Waals surface area contributed by atoms with Gasteiger partial charge in [-0.15, -0.1) is 0 Å². The van der Waals surface area contributed by atoms with Gasteiger partial charge in [-0.1, -0.05) is 57.4 Å². The molecule has 0 radical (unpaired) electrons. The van der Waals surface area contributed by atoms with Crippen LogP contribution in [0.1, 0.15) is 78.9 Å². The molecule has 0 bridgehead atoms. The second-order valence-electron chi connectivity index (χ2n) is 8.62. The number of halogens is 1. The van der Waals surface area contributed by atoms with Crippen molar-refractivity contribution in [3.63, 3.8) is 0 Å². The minimum absolute atomic E-state index is 0.00578. The van der Waals surface area contributed by atoms with Crippen LogP contribution in [0.5, 0.6) is 5.75 Å². The molecule has 138 valence electrons. The molecule has 1 nitrogen and oxygen atoms in total. The topological polar surface area (TPSA) is 9.23 Å². The van der Waals surface area contributed by atoms with Gasteiger partial charge in [0.25, 0.3) is 0 Å². The van der Waals surface area contributed by atoms with E-state index in [-0.39, 0.29) is 5.41 Å². The largest absolute Gasteiger partial charge is 0.496 e. The Bertz CT molecular complexity index is 731. The van der Waals surface area contributed by atoms with Crippen molar-refractivity contribution in [1.29, 1.82) is 0 Å². The second kappa shape index (κ2) is 7.19. The van der Waals surface area contributed by atoms with Gasteiger partial charge in [-0.05, 0) is 73.3 Å². The van der Waals surface area contributed by atoms with Gasteiger partial charge in [0.05, 0.1) is 7.11 Å². The van der Waals surface area contributed by atoms with Gasteiger partial charge in [0.15, 0.2) is 0 Å². The highest BCUT2D eigenvalue weighted by atomic mass is 35.5. The van der Waals surface area contributed by atoms with Crippen LogP contribution in [-0.2, 0) is 5.41 Å². The molecule has 2 heteroatoms. The zero-order valence-electron chi connectivity index (χ0n) is 17.3. The van der Waals surface area contributed by atoms with Gasteiger partial charge in [0, 0.05) is 10.6 Å². The van der Waals surface area contributed by atoms with E-state index in [4.69, 9.17) is 16.3 Å². The predicted molar refractivity (Wildman–Crippen MR) is 110 cm³/mol. The van der Waals surface area contributed by atoms with Crippen LogP contribution in [0.15, 0.2) is 34.4 Å². The Kier molecular flexibility index (Phi) is 5.78. The molecule has 1 aliphatic carbocycles.